The predicted molar refractivity (Wildman–Crippen MR) is 74.5 cm³/mol. The number of nitrogen functional groups attached to an aromatic ring is 1. The van der Waals surface area contributed by atoms with Crippen LogP contribution in [0, 0.1) is 0 Å². The van der Waals surface area contributed by atoms with Crippen LogP contribution in [0.1, 0.15) is 12.8 Å². The zero-order valence-corrected chi connectivity index (χ0v) is 10.6. The Morgan fingerprint density at radius 3 is 2.33 bits per heavy atom. The number of benzene rings is 1. The monoisotopic (exact) mass is 242 g/mol. The summed E-state index contributed by atoms with van der Waals surface area (Å²) in [5.41, 5.74) is 10.1. The zero-order chi connectivity index (χ0) is 12.5. The molecule has 0 aliphatic carbocycles. The van der Waals surface area contributed by atoms with Crippen LogP contribution < -0.4 is 10.6 Å². The van der Waals surface area contributed by atoms with E-state index in [9.17, 15) is 0 Å². The van der Waals surface area contributed by atoms with Crippen molar-refractivity contribution in [1.82, 2.24) is 9.78 Å². The molecular weight excluding hydrogens is 224 g/mol. The molecule has 0 atom stereocenters. The standard InChI is InChI=1S/C14H18N4/c1-17-14(13(15)10-16-17)11-4-6-12(7-5-11)18-8-2-3-9-18/h4-7,10H,2-3,8-9,15H2,1H3. The Balaban J connectivity index is 1.91. The molecule has 0 bridgehead atoms. The van der Waals surface area contributed by atoms with E-state index in [1.807, 2.05) is 11.7 Å². The normalized spacial score (nSPS) is 15.3. The first-order chi connectivity index (χ1) is 8.75. The van der Waals surface area contributed by atoms with Gasteiger partial charge in [-0.25, -0.2) is 0 Å². The van der Waals surface area contributed by atoms with E-state index >= 15 is 0 Å². The lowest BCUT2D eigenvalue weighted by Crippen LogP contribution is -2.17. The van der Waals surface area contributed by atoms with Crippen LogP contribution in [-0.4, -0.2) is 22.9 Å². The van der Waals surface area contributed by atoms with Crippen LogP contribution >= 0.6 is 0 Å². The third kappa shape index (κ3) is 1.83. The molecule has 3 rings (SSSR count). The molecule has 0 radical (unpaired) electrons. The second kappa shape index (κ2) is 4.37. The van der Waals surface area contributed by atoms with E-state index in [0.29, 0.717) is 0 Å². The Morgan fingerprint density at radius 2 is 1.78 bits per heavy atom. The van der Waals surface area contributed by atoms with Crippen molar-refractivity contribution < 1.29 is 0 Å². The minimum Gasteiger partial charge on any atom is -0.396 e. The van der Waals surface area contributed by atoms with Crippen molar-refractivity contribution in [2.75, 3.05) is 23.7 Å². The summed E-state index contributed by atoms with van der Waals surface area (Å²) in [5.74, 6) is 0. The molecule has 2 heterocycles. The van der Waals surface area contributed by atoms with Crippen LogP contribution in [0.2, 0.25) is 0 Å². The number of hydrogen-bond donors (Lipinski definition) is 1. The SMILES string of the molecule is Cn1ncc(N)c1-c1ccc(N2CCCC2)cc1. The highest BCUT2D eigenvalue weighted by Crippen LogP contribution is 2.28. The van der Waals surface area contributed by atoms with Gasteiger partial charge in [-0.3, -0.25) is 4.68 Å². The van der Waals surface area contributed by atoms with Crippen molar-refractivity contribution >= 4 is 11.4 Å². The van der Waals surface area contributed by atoms with Crippen LogP contribution in [0.5, 0.6) is 0 Å². The van der Waals surface area contributed by atoms with E-state index in [-0.39, 0.29) is 0 Å². The molecule has 94 valence electrons. The summed E-state index contributed by atoms with van der Waals surface area (Å²) in [6.45, 7) is 2.35. The highest BCUT2D eigenvalue weighted by Gasteiger charge is 2.13. The van der Waals surface area contributed by atoms with E-state index < -0.39 is 0 Å². The maximum Gasteiger partial charge on any atom is 0.0908 e. The van der Waals surface area contributed by atoms with Crippen molar-refractivity contribution in [3.05, 3.63) is 30.5 Å². The Kier molecular flexibility index (Phi) is 2.70. The molecule has 1 aromatic heterocycles. The number of anilines is 2. The molecule has 4 nitrogen and oxygen atoms in total. The third-order valence-corrected chi connectivity index (χ3v) is 3.58. The van der Waals surface area contributed by atoms with Gasteiger partial charge < -0.3 is 10.6 Å². The van der Waals surface area contributed by atoms with E-state index in [2.05, 4.69) is 34.3 Å². The van der Waals surface area contributed by atoms with Crippen molar-refractivity contribution in [2.45, 2.75) is 12.8 Å². The van der Waals surface area contributed by atoms with E-state index in [1.165, 1.54) is 31.6 Å². The van der Waals surface area contributed by atoms with Crippen molar-refractivity contribution in [2.24, 2.45) is 7.05 Å². The molecule has 0 amide bonds. The Hall–Kier alpha value is -1.97. The van der Waals surface area contributed by atoms with Crippen LogP contribution in [0.25, 0.3) is 11.3 Å². The molecule has 1 aliphatic heterocycles. The van der Waals surface area contributed by atoms with Crippen molar-refractivity contribution in [3.63, 3.8) is 0 Å². The minimum atomic E-state index is 0.728. The second-order valence-electron chi connectivity index (χ2n) is 4.81. The van der Waals surface area contributed by atoms with Gasteiger partial charge in [0, 0.05) is 31.4 Å². The number of aryl methyl sites for hydroxylation is 1. The largest absolute Gasteiger partial charge is 0.396 e. The van der Waals surface area contributed by atoms with Gasteiger partial charge in [0.25, 0.3) is 0 Å². The smallest absolute Gasteiger partial charge is 0.0908 e. The summed E-state index contributed by atoms with van der Waals surface area (Å²) in [6, 6.07) is 8.60. The van der Waals surface area contributed by atoms with Gasteiger partial charge in [-0.1, -0.05) is 12.1 Å². The highest BCUT2D eigenvalue weighted by molar-refractivity contribution is 5.73. The van der Waals surface area contributed by atoms with Gasteiger partial charge in [0.2, 0.25) is 0 Å². The molecule has 0 unspecified atom stereocenters. The topological polar surface area (TPSA) is 47.1 Å². The van der Waals surface area contributed by atoms with E-state index in [0.717, 1.165) is 16.9 Å². The van der Waals surface area contributed by atoms with Crippen molar-refractivity contribution in [1.29, 1.82) is 0 Å². The Bertz CT molecular complexity index is 516. The fraction of sp³-hybridized carbons (Fsp3) is 0.357. The van der Waals surface area contributed by atoms with Crippen LogP contribution in [0.15, 0.2) is 30.5 Å². The maximum absolute atomic E-state index is 5.94. The summed E-state index contributed by atoms with van der Waals surface area (Å²) in [4.78, 5) is 2.43. The van der Waals surface area contributed by atoms with Gasteiger partial charge in [-0.2, -0.15) is 5.10 Å². The molecular formula is C14H18N4. The summed E-state index contributed by atoms with van der Waals surface area (Å²) < 4.78 is 1.82. The molecule has 0 spiro atoms. The van der Waals surface area contributed by atoms with Crippen LogP contribution in [0.4, 0.5) is 11.4 Å². The summed E-state index contributed by atoms with van der Waals surface area (Å²) in [6.07, 6.45) is 4.30. The number of rotatable bonds is 2. The fourth-order valence-electron chi connectivity index (χ4n) is 2.61. The Labute approximate surface area is 107 Å². The summed E-state index contributed by atoms with van der Waals surface area (Å²) >= 11 is 0. The second-order valence-corrected chi connectivity index (χ2v) is 4.81. The highest BCUT2D eigenvalue weighted by atomic mass is 15.3. The molecule has 0 saturated carbocycles. The lowest BCUT2D eigenvalue weighted by molar-refractivity contribution is 0.776. The molecule has 1 saturated heterocycles. The van der Waals surface area contributed by atoms with E-state index in [4.69, 9.17) is 5.73 Å². The van der Waals surface area contributed by atoms with Gasteiger partial charge in [0.05, 0.1) is 17.6 Å². The first kappa shape index (κ1) is 11.1. The third-order valence-electron chi connectivity index (χ3n) is 3.58. The lowest BCUT2D eigenvalue weighted by atomic mass is 10.1. The van der Waals surface area contributed by atoms with Gasteiger partial charge in [0.1, 0.15) is 0 Å². The minimum absolute atomic E-state index is 0.728. The average molecular weight is 242 g/mol. The molecule has 1 aliphatic rings. The number of nitrogens with two attached hydrogens (primary N) is 1. The zero-order valence-electron chi connectivity index (χ0n) is 10.6. The molecule has 1 aromatic carbocycles. The maximum atomic E-state index is 5.94. The fourth-order valence-corrected chi connectivity index (χ4v) is 2.61. The quantitative estimate of drug-likeness (QED) is 0.878. The predicted octanol–water partition coefficient (Wildman–Crippen LogP) is 2.27. The molecule has 2 aromatic rings. The van der Waals surface area contributed by atoms with Crippen molar-refractivity contribution in [3.8, 4) is 11.3 Å². The van der Waals surface area contributed by atoms with Gasteiger partial charge in [-0.05, 0) is 25.0 Å². The number of aromatic nitrogens is 2. The van der Waals surface area contributed by atoms with Gasteiger partial charge in [0.15, 0.2) is 0 Å². The summed E-state index contributed by atoms with van der Waals surface area (Å²) in [7, 11) is 1.92. The van der Waals surface area contributed by atoms with E-state index in [1.54, 1.807) is 6.20 Å². The number of nitrogens with zero attached hydrogens (tertiary/aromatic N) is 3. The summed E-state index contributed by atoms with van der Waals surface area (Å²) in [5, 5.41) is 4.17. The molecule has 4 heteroatoms. The molecule has 1 fully saturated rings. The number of hydrogen-bond acceptors (Lipinski definition) is 3. The molecule has 18 heavy (non-hydrogen) atoms. The first-order valence-electron chi connectivity index (χ1n) is 6.38. The molecule has 2 N–H and O–H groups in total. The van der Waals surface area contributed by atoms with Crippen LogP contribution in [0.3, 0.4) is 0 Å². The lowest BCUT2D eigenvalue weighted by Gasteiger charge is -2.17. The van der Waals surface area contributed by atoms with Gasteiger partial charge in [-0.15, -0.1) is 0 Å². The average Bonchev–Trinajstić information content (AvgIpc) is 3.01. The van der Waals surface area contributed by atoms with Crippen LogP contribution in [-0.2, 0) is 7.05 Å². The van der Waals surface area contributed by atoms with Gasteiger partial charge >= 0.3 is 0 Å². The Morgan fingerprint density at radius 1 is 1.11 bits per heavy atom. The first-order valence-corrected chi connectivity index (χ1v) is 6.38.